The van der Waals surface area contributed by atoms with Crippen LogP contribution in [0, 0.1) is 6.92 Å². The van der Waals surface area contributed by atoms with Gasteiger partial charge in [-0.25, -0.2) is 4.98 Å². The lowest BCUT2D eigenvalue weighted by atomic mass is 10.2. The molecule has 0 bridgehead atoms. The predicted molar refractivity (Wildman–Crippen MR) is 46.9 cm³/mol. The van der Waals surface area contributed by atoms with Crippen LogP contribution in [-0.4, -0.2) is 10.2 Å². The molecule has 0 aliphatic heterocycles. The van der Waals surface area contributed by atoms with E-state index in [1.165, 1.54) is 0 Å². The van der Waals surface area contributed by atoms with Crippen molar-refractivity contribution in [1.29, 1.82) is 0 Å². The summed E-state index contributed by atoms with van der Waals surface area (Å²) in [5, 5.41) is -0.524. The molecule has 0 N–H and O–H groups in total. The zero-order chi connectivity index (χ0) is 8.43. The zero-order valence-corrected chi connectivity index (χ0v) is 8.11. The minimum absolute atomic E-state index is 0.307. The quantitative estimate of drug-likeness (QED) is 0.552. The molecule has 1 aromatic rings. The van der Waals surface area contributed by atoms with Gasteiger partial charge in [0.05, 0.1) is 0 Å². The Morgan fingerprint density at radius 2 is 2.27 bits per heavy atom. The molecule has 0 atom stereocenters. The fraction of sp³-hybridized carbons (Fsp3) is 0.143. The normalized spacial score (nSPS) is 9.73. The molecule has 0 fully saturated rings. The zero-order valence-electron chi connectivity index (χ0n) is 5.77. The minimum Gasteiger partial charge on any atom is -0.274 e. The maximum atomic E-state index is 10.7. The number of carbonyl (C=O) groups excluding carboxylic acids is 1. The van der Waals surface area contributed by atoms with Crippen LogP contribution >= 0.6 is 27.5 Å². The highest BCUT2D eigenvalue weighted by atomic mass is 79.9. The summed E-state index contributed by atoms with van der Waals surface area (Å²) in [7, 11) is 0. The minimum atomic E-state index is -0.524. The van der Waals surface area contributed by atoms with Crippen LogP contribution < -0.4 is 0 Å². The van der Waals surface area contributed by atoms with Gasteiger partial charge in [0.2, 0.25) is 0 Å². The maximum Gasteiger partial charge on any atom is 0.271 e. The van der Waals surface area contributed by atoms with E-state index in [2.05, 4.69) is 20.9 Å². The van der Waals surface area contributed by atoms with E-state index in [1.807, 2.05) is 0 Å². The van der Waals surface area contributed by atoms with Crippen molar-refractivity contribution in [3.05, 3.63) is 28.0 Å². The van der Waals surface area contributed by atoms with Crippen molar-refractivity contribution in [2.75, 3.05) is 0 Å². The topological polar surface area (TPSA) is 30.0 Å². The number of aryl methyl sites for hydroxylation is 1. The van der Waals surface area contributed by atoms with Crippen LogP contribution in [0.25, 0.3) is 0 Å². The van der Waals surface area contributed by atoms with Crippen LogP contribution in [0.4, 0.5) is 0 Å². The molecule has 0 saturated carbocycles. The van der Waals surface area contributed by atoms with Gasteiger partial charge in [-0.15, -0.1) is 0 Å². The van der Waals surface area contributed by atoms with Crippen molar-refractivity contribution in [3.8, 4) is 0 Å². The molecule has 0 saturated heterocycles. The molecule has 1 aromatic heterocycles. The van der Waals surface area contributed by atoms with Crippen molar-refractivity contribution in [3.63, 3.8) is 0 Å². The molecule has 4 heteroatoms. The largest absolute Gasteiger partial charge is 0.274 e. The highest BCUT2D eigenvalue weighted by Gasteiger charge is 2.07. The van der Waals surface area contributed by atoms with E-state index in [4.69, 9.17) is 11.6 Å². The van der Waals surface area contributed by atoms with E-state index in [9.17, 15) is 4.79 Å². The third-order valence-corrected chi connectivity index (χ3v) is 1.87. The predicted octanol–water partition coefficient (Wildman–Crippen LogP) is 2.53. The SMILES string of the molecule is Cc1ccc(Br)nc1C(=O)Cl. The first-order valence-corrected chi connectivity index (χ1v) is 4.11. The van der Waals surface area contributed by atoms with E-state index >= 15 is 0 Å². The summed E-state index contributed by atoms with van der Waals surface area (Å²) in [6.45, 7) is 1.79. The molecule has 0 amide bonds. The van der Waals surface area contributed by atoms with Gasteiger partial charge in [-0.1, -0.05) is 6.07 Å². The summed E-state index contributed by atoms with van der Waals surface area (Å²) >= 11 is 8.40. The summed E-state index contributed by atoms with van der Waals surface area (Å²) < 4.78 is 0.618. The first kappa shape index (κ1) is 8.68. The monoisotopic (exact) mass is 233 g/mol. The molecule has 1 heterocycles. The van der Waals surface area contributed by atoms with Gasteiger partial charge in [-0.05, 0) is 46.1 Å². The van der Waals surface area contributed by atoms with Crippen molar-refractivity contribution in [1.82, 2.24) is 4.98 Å². The van der Waals surface area contributed by atoms with Gasteiger partial charge >= 0.3 is 0 Å². The third-order valence-electron chi connectivity index (χ3n) is 1.25. The molecule has 0 aliphatic rings. The number of nitrogens with zero attached hydrogens (tertiary/aromatic N) is 1. The summed E-state index contributed by atoms with van der Waals surface area (Å²) in [4.78, 5) is 14.6. The molecular weight excluding hydrogens is 229 g/mol. The fourth-order valence-electron chi connectivity index (χ4n) is 0.704. The van der Waals surface area contributed by atoms with Crippen molar-refractivity contribution < 1.29 is 4.79 Å². The van der Waals surface area contributed by atoms with Crippen molar-refractivity contribution in [2.45, 2.75) is 6.92 Å². The summed E-state index contributed by atoms with van der Waals surface area (Å²) in [5.74, 6) is 0. The van der Waals surface area contributed by atoms with Gasteiger partial charge in [0.15, 0.2) is 0 Å². The first-order chi connectivity index (χ1) is 5.11. The summed E-state index contributed by atoms with van der Waals surface area (Å²) in [5.41, 5.74) is 1.09. The number of carbonyl (C=O) groups is 1. The van der Waals surface area contributed by atoms with E-state index in [1.54, 1.807) is 19.1 Å². The third kappa shape index (κ3) is 2.01. The number of hydrogen-bond donors (Lipinski definition) is 0. The van der Waals surface area contributed by atoms with Crippen LogP contribution in [-0.2, 0) is 0 Å². The van der Waals surface area contributed by atoms with E-state index in [-0.39, 0.29) is 0 Å². The first-order valence-electron chi connectivity index (χ1n) is 2.94. The van der Waals surface area contributed by atoms with Crippen molar-refractivity contribution in [2.24, 2.45) is 0 Å². The van der Waals surface area contributed by atoms with Gasteiger partial charge in [0.25, 0.3) is 5.24 Å². The molecule has 11 heavy (non-hydrogen) atoms. The molecule has 0 unspecified atom stereocenters. The smallest absolute Gasteiger partial charge is 0.271 e. The van der Waals surface area contributed by atoms with Crippen LogP contribution in [0.3, 0.4) is 0 Å². The second-order valence-corrected chi connectivity index (χ2v) is 3.23. The van der Waals surface area contributed by atoms with Gasteiger partial charge in [0.1, 0.15) is 10.3 Å². The van der Waals surface area contributed by atoms with Crippen LogP contribution in [0.15, 0.2) is 16.7 Å². The number of rotatable bonds is 1. The van der Waals surface area contributed by atoms with Gasteiger partial charge in [0, 0.05) is 0 Å². The maximum absolute atomic E-state index is 10.7. The molecule has 0 spiro atoms. The average molecular weight is 234 g/mol. The molecule has 0 aromatic carbocycles. The highest BCUT2D eigenvalue weighted by molar-refractivity contribution is 9.10. The molecule has 2 nitrogen and oxygen atoms in total. The lowest BCUT2D eigenvalue weighted by molar-refractivity contribution is 0.107. The Hall–Kier alpha value is -0.410. The Kier molecular flexibility index (Phi) is 2.62. The van der Waals surface area contributed by atoms with Crippen molar-refractivity contribution >= 4 is 32.8 Å². The van der Waals surface area contributed by atoms with E-state index < -0.39 is 5.24 Å². The second-order valence-electron chi connectivity index (χ2n) is 2.07. The Balaban J connectivity index is 3.23. The lowest BCUT2D eigenvalue weighted by Crippen LogP contribution is -1.97. The van der Waals surface area contributed by atoms with Crippen LogP contribution in [0.5, 0.6) is 0 Å². The van der Waals surface area contributed by atoms with E-state index in [0.717, 1.165) is 5.56 Å². The van der Waals surface area contributed by atoms with Crippen LogP contribution in [0.2, 0.25) is 0 Å². The molecule has 1 rings (SSSR count). The van der Waals surface area contributed by atoms with E-state index in [0.29, 0.717) is 10.3 Å². The number of hydrogen-bond acceptors (Lipinski definition) is 2. The Bertz CT molecular complexity index is 300. The average Bonchev–Trinajstić information content (AvgIpc) is 1.94. The number of halogens is 2. The fourth-order valence-corrected chi connectivity index (χ4v) is 1.20. The standard InChI is InChI=1S/C7H5BrClNO/c1-4-2-3-5(8)10-6(4)7(9)11/h2-3H,1H3. The number of pyridine rings is 1. The number of aromatic nitrogens is 1. The lowest BCUT2D eigenvalue weighted by Gasteiger charge is -1.98. The molecule has 0 aliphatic carbocycles. The Labute approximate surface area is 77.7 Å². The Morgan fingerprint density at radius 1 is 1.64 bits per heavy atom. The molecule has 58 valence electrons. The highest BCUT2D eigenvalue weighted by Crippen LogP contribution is 2.12. The Morgan fingerprint density at radius 3 is 2.73 bits per heavy atom. The molecular formula is C7H5BrClNO. The van der Waals surface area contributed by atoms with Gasteiger partial charge in [-0.3, -0.25) is 4.79 Å². The summed E-state index contributed by atoms with van der Waals surface area (Å²) in [6, 6.07) is 3.55. The van der Waals surface area contributed by atoms with Gasteiger partial charge in [-0.2, -0.15) is 0 Å². The second kappa shape index (κ2) is 3.32. The summed E-state index contributed by atoms with van der Waals surface area (Å²) in [6.07, 6.45) is 0. The van der Waals surface area contributed by atoms with Crippen LogP contribution in [0.1, 0.15) is 16.1 Å². The van der Waals surface area contributed by atoms with Gasteiger partial charge < -0.3 is 0 Å². The molecule has 0 radical (unpaired) electrons.